The average Bonchev–Trinajstić information content (AvgIpc) is 2.25. The molecular weight excluding hydrogens is 219 g/mol. The minimum Gasteiger partial charge on any atom is -0.497 e. The van der Waals surface area contributed by atoms with Gasteiger partial charge in [0.1, 0.15) is 11.6 Å². The summed E-state index contributed by atoms with van der Waals surface area (Å²) in [5, 5.41) is 9.66. The Morgan fingerprint density at radius 2 is 2.27 bits per heavy atom. The Hall–Kier alpha value is -0.800. The summed E-state index contributed by atoms with van der Waals surface area (Å²) in [7, 11) is 1.47. The maximum absolute atomic E-state index is 13.4. The summed E-state index contributed by atoms with van der Waals surface area (Å²) in [6, 6.07) is 4.43. The highest BCUT2D eigenvalue weighted by atomic mass is 35.5. The normalized spacial score (nSPS) is 12.5. The molecule has 1 aromatic carbocycles. The SMILES string of the molecule is COc1ccc(C(O)CCCCl)c(F)c1. The van der Waals surface area contributed by atoms with Crippen molar-refractivity contribution in [3.63, 3.8) is 0 Å². The van der Waals surface area contributed by atoms with E-state index in [0.717, 1.165) is 0 Å². The highest BCUT2D eigenvalue weighted by molar-refractivity contribution is 6.17. The van der Waals surface area contributed by atoms with Gasteiger partial charge in [0.25, 0.3) is 0 Å². The number of methoxy groups -OCH3 is 1. The molecule has 0 aromatic heterocycles. The Kier molecular flexibility index (Phi) is 4.85. The summed E-state index contributed by atoms with van der Waals surface area (Å²) in [5.74, 6) is 0.465. The number of benzene rings is 1. The molecule has 84 valence electrons. The van der Waals surface area contributed by atoms with Crippen molar-refractivity contribution in [1.29, 1.82) is 0 Å². The van der Waals surface area contributed by atoms with Crippen LogP contribution in [0, 0.1) is 5.82 Å². The van der Waals surface area contributed by atoms with Gasteiger partial charge in [0.05, 0.1) is 13.2 Å². The van der Waals surface area contributed by atoms with Gasteiger partial charge >= 0.3 is 0 Å². The molecule has 0 saturated heterocycles. The molecule has 1 atom stereocenters. The molecule has 1 unspecified atom stereocenters. The van der Waals surface area contributed by atoms with Crippen molar-refractivity contribution in [3.8, 4) is 5.75 Å². The van der Waals surface area contributed by atoms with Gasteiger partial charge in [0.15, 0.2) is 0 Å². The maximum Gasteiger partial charge on any atom is 0.132 e. The molecule has 0 fully saturated rings. The summed E-state index contributed by atoms with van der Waals surface area (Å²) >= 11 is 5.50. The lowest BCUT2D eigenvalue weighted by molar-refractivity contribution is 0.162. The van der Waals surface area contributed by atoms with Gasteiger partial charge in [0, 0.05) is 17.5 Å². The van der Waals surface area contributed by atoms with Gasteiger partial charge in [-0.1, -0.05) is 0 Å². The van der Waals surface area contributed by atoms with E-state index in [2.05, 4.69) is 0 Å². The third-order valence-electron chi connectivity index (χ3n) is 2.18. The zero-order valence-electron chi connectivity index (χ0n) is 8.54. The Labute approximate surface area is 93.6 Å². The number of rotatable bonds is 5. The Morgan fingerprint density at radius 3 is 2.80 bits per heavy atom. The molecular formula is C11H14ClFO2. The van der Waals surface area contributed by atoms with Crippen molar-refractivity contribution in [2.45, 2.75) is 18.9 Å². The molecule has 0 aliphatic carbocycles. The molecule has 0 aliphatic heterocycles. The van der Waals surface area contributed by atoms with Gasteiger partial charge in [0.2, 0.25) is 0 Å². The van der Waals surface area contributed by atoms with E-state index in [-0.39, 0.29) is 0 Å². The summed E-state index contributed by atoms with van der Waals surface area (Å²) in [5.41, 5.74) is 0.293. The van der Waals surface area contributed by atoms with Crippen molar-refractivity contribution in [1.82, 2.24) is 0 Å². The topological polar surface area (TPSA) is 29.5 Å². The highest BCUT2D eigenvalue weighted by Crippen LogP contribution is 2.24. The number of aliphatic hydroxyl groups is 1. The molecule has 1 rings (SSSR count). The third kappa shape index (κ3) is 3.36. The van der Waals surface area contributed by atoms with Crippen LogP contribution in [0.25, 0.3) is 0 Å². The smallest absolute Gasteiger partial charge is 0.132 e. The fourth-order valence-electron chi connectivity index (χ4n) is 1.33. The van der Waals surface area contributed by atoms with E-state index in [4.69, 9.17) is 16.3 Å². The lowest BCUT2D eigenvalue weighted by atomic mass is 10.0. The molecule has 0 radical (unpaired) electrons. The summed E-state index contributed by atoms with van der Waals surface area (Å²) in [4.78, 5) is 0. The number of ether oxygens (including phenoxy) is 1. The molecule has 0 saturated carbocycles. The Balaban J connectivity index is 2.76. The average molecular weight is 233 g/mol. The molecule has 2 nitrogen and oxygen atoms in total. The molecule has 0 aliphatic rings. The van der Waals surface area contributed by atoms with Crippen LogP contribution >= 0.6 is 11.6 Å². The third-order valence-corrected chi connectivity index (χ3v) is 2.45. The standard InChI is InChI=1S/C11H14ClFO2/c1-15-8-4-5-9(10(13)7-8)11(14)3-2-6-12/h4-5,7,11,14H,2-3,6H2,1H3. The largest absolute Gasteiger partial charge is 0.497 e. The zero-order valence-corrected chi connectivity index (χ0v) is 9.30. The van der Waals surface area contributed by atoms with Crippen LogP contribution in [0.3, 0.4) is 0 Å². The van der Waals surface area contributed by atoms with Gasteiger partial charge in [-0.2, -0.15) is 0 Å². The second-order valence-corrected chi connectivity index (χ2v) is 3.61. The first kappa shape index (κ1) is 12.3. The first-order valence-electron chi connectivity index (χ1n) is 4.76. The lowest BCUT2D eigenvalue weighted by Crippen LogP contribution is -2.01. The minimum atomic E-state index is -0.797. The van der Waals surface area contributed by atoms with Gasteiger partial charge in [-0.15, -0.1) is 11.6 Å². The number of hydrogen-bond acceptors (Lipinski definition) is 2. The molecule has 1 aromatic rings. The number of halogens is 2. The fourth-order valence-corrected chi connectivity index (χ4v) is 1.49. The van der Waals surface area contributed by atoms with Crippen molar-refractivity contribution >= 4 is 11.6 Å². The van der Waals surface area contributed by atoms with Crippen molar-refractivity contribution in [3.05, 3.63) is 29.6 Å². The quantitative estimate of drug-likeness (QED) is 0.791. The van der Waals surface area contributed by atoms with Crippen LogP contribution in [0.2, 0.25) is 0 Å². The molecule has 15 heavy (non-hydrogen) atoms. The van der Waals surface area contributed by atoms with Gasteiger partial charge in [-0.25, -0.2) is 4.39 Å². The molecule has 0 spiro atoms. The molecule has 0 heterocycles. The molecule has 0 amide bonds. The van der Waals surface area contributed by atoms with E-state index in [9.17, 15) is 9.50 Å². The van der Waals surface area contributed by atoms with Crippen LogP contribution in [0.1, 0.15) is 24.5 Å². The van der Waals surface area contributed by atoms with Gasteiger partial charge in [-0.3, -0.25) is 0 Å². The van der Waals surface area contributed by atoms with Crippen molar-refractivity contribution < 1.29 is 14.2 Å². The van der Waals surface area contributed by atoms with E-state index in [1.807, 2.05) is 0 Å². The van der Waals surface area contributed by atoms with Crippen LogP contribution in [-0.4, -0.2) is 18.1 Å². The first-order chi connectivity index (χ1) is 7.19. The minimum absolute atomic E-state index is 0.293. The van der Waals surface area contributed by atoms with Crippen LogP contribution in [0.4, 0.5) is 4.39 Å². The summed E-state index contributed by atoms with van der Waals surface area (Å²) in [6.45, 7) is 0. The van der Waals surface area contributed by atoms with Crippen LogP contribution in [0.15, 0.2) is 18.2 Å². The lowest BCUT2D eigenvalue weighted by Gasteiger charge is -2.11. The van der Waals surface area contributed by atoms with E-state index in [0.29, 0.717) is 30.0 Å². The molecule has 1 N–H and O–H groups in total. The zero-order chi connectivity index (χ0) is 11.3. The van der Waals surface area contributed by atoms with E-state index >= 15 is 0 Å². The first-order valence-corrected chi connectivity index (χ1v) is 5.30. The Bertz CT molecular complexity index is 317. The Morgan fingerprint density at radius 1 is 1.53 bits per heavy atom. The van der Waals surface area contributed by atoms with E-state index in [1.54, 1.807) is 6.07 Å². The summed E-state index contributed by atoms with van der Waals surface area (Å²) in [6.07, 6.45) is 0.329. The second-order valence-electron chi connectivity index (χ2n) is 3.23. The number of hydrogen-bond donors (Lipinski definition) is 1. The predicted molar refractivity (Wildman–Crippen MR) is 57.9 cm³/mol. The second kappa shape index (κ2) is 5.93. The molecule has 0 bridgehead atoms. The number of alkyl halides is 1. The highest BCUT2D eigenvalue weighted by Gasteiger charge is 2.12. The van der Waals surface area contributed by atoms with Crippen LogP contribution < -0.4 is 4.74 Å². The van der Waals surface area contributed by atoms with Gasteiger partial charge in [-0.05, 0) is 25.0 Å². The fraction of sp³-hybridized carbons (Fsp3) is 0.455. The van der Waals surface area contributed by atoms with Gasteiger partial charge < -0.3 is 9.84 Å². The maximum atomic E-state index is 13.4. The van der Waals surface area contributed by atoms with E-state index in [1.165, 1.54) is 19.2 Å². The monoisotopic (exact) mass is 232 g/mol. The molecule has 4 heteroatoms. The van der Waals surface area contributed by atoms with E-state index < -0.39 is 11.9 Å². The predicted octanol–water partition coefficient (Wildman–Crippen LogP) is 2.89. The van der Waals surface area contributed by atoms with Crippen molar-refractivity contribution in [2.24, 2.45) is 0 Å². The van der Waals surface area contributed by atoms with Crippen LogP contribution in [0.5, 0.6) is 5.75 Å². The van der Waals surface area contributed by atoms with Crippen LogP contribution in [-0.2, 0) is 0 Å². The number of aliphatic hydroxyl groups excluding tert-OH is 1. The summed E-state index contributed by atoms with van der Waals surface area (Å²) < 4.78 is 18.3. The van der Waals surface area contributed by atoms with Crippen molar-refractivity contribution in [2.75, 3.05) is 13.0 Å².